The zero-order valence-electron chi connectivity index (χ0n) is 25.3. The van der Waals surface area contributed by atoms with Crippen LogP contribution in [0.2, 0.25) is 0 Å². The molecule has 2 heterocycles. The quantitative estimate of drug-likeness (QED) is 0.196. The molecule has 0 bridgehead atoms. The van der Waals surface area contributed by atoms with Crippen LogP contribution >= 0.6 is 0 Å². The first-order valence-corrected chi connectivity index (χ1v) is 15.0. The Morgan fingerprint density at radius 1 is 0.667 bits per heavy atom. The Kier molecular flexibility index (Phi) is 6.27. The van der Waals surface area contributed by atoms with Gasteiger partial charge in [0.2, 0.25) is 0 Å². The van der Waals surface area contributed by atoms with Gasteiger partial charge in [-0.25, -0.2) is 4.57 Å². The van der Waals surface area contributed by atoms with Gasteiger partial charge in [0, 0.05) is 21.9 Å². The molecule has 7 rings (SSSR count). The number of aryl methyl sites for hydroxylation is 2. The molecule has 0 aliphatic heterocycles. The Balaban J connectivity index is 1.60. The highest BCUT2D eigenvalue weighted by Gasteiger charge is 2.33. The largest absolute Gasteiger partial charge is 0.455 e. The molecular weight excluding hydrogens is 512 g/mol. The van der Waals surface area contributed by atoms with Crippen molar-refractivity contribution in [2.75, 3.05) is 0 Å². The molecular formula is C39H37N2O+. The van der Waals surface area contributed by atoms with Gasteiger partial charge >= 0.3 is 0 Å². The summed E-state index contributed by atoms with van der Waals surface area (Å²) in [5.74, 6) is 1.88. The van der Waals surface area contributed by atoms with Gasteiger partial charge in [0.25, 0.3) is 5.82 Å². The fraction of sp³-hybridized carbons (Fsp3) is 0.205. The topological polar surface area (TPSA) is 21.9 Å². The maximum atomic E-state index is 6.85. The van der Waals surface area contributed by atoms with E-state index in [1.807, 2.05) is 0 Å². The molecule has 0 aliphatic rings. The molecule has 5 aromatic carbocycles. The van der Waals surface area contributed by atoms with Gasteiger partial charge in [0.1, 0.15) is 16.8 Å². The predicted molar refractivity (Wildman–Crippen MR) is 176 cm³/mol. The van der Waals surface area contributed by atoms with Crippen LogP contribution < -0.4 is 4.57 Å². The van der Waals surface area contributed by atoms with Gasteiger partial charge in [-0.05, 0) is 59.7 Å². The van der Waals surface area contributed by atoms with Gasteiger partial charge in [-0.2, -0.15) is 4.57 Å². The Labute approximate surface area is 247 Å². The van der Waals surface area contributed by atoms with E-state index in [0.29, 0.717) is 11.8 Å². The molecule has 42 heavy (non-hydrogen) atoms. The van der Waals surface area contributed by atoms with E-state index >= 15 is 0 Å². The molecule has 0 saturated heterocycles. The summed E-state index contributed by atoms with van der Waals surface area (Å²) in [6.07, 6.45) is 0. The molecule has 0 spiro atoms. The average Bonchev–Trinajstić information content (AvgIpc) is 3.51. The lowest BCUT2D eigenvalue weighted by molar-refractivity contribution is -0.633. The lowest BCUT2D eigenvalue weighted by Crippen LogP contribution is -2.30. The second-order valence-electron chi connectivity index (χ2n) is 12.1. The minimum atomic E-state index is 0.373. The van der Waals surface area contributed by atoms with Crippen LogP contribution in [0.3, 0.4) is 0 Å². The molecule has 0 aliphatic carbocycles. The van der Waals surface area contributed by atoms with E-state index in [4.69, 9.17) is 4.42 Å². The summed E-state index contributed by atoms with van der Waals surface area (Å²) in [5, 5.41) is 2.28. The molecule has 0 N–H and O–H groups in total. The summed E-state index contributed by atoms with van der Waals surface area (Å²) in [6.45, 7) is 11.4. The highest BCUT2D eigenvalue weighted by atomic mass is 16.3. The predicted octanol–water partition coefficient (Wildman–Crippen LogP) is 10.2. The molecule has 3 nitrogen and oxygen atoms in total. The van der Waals surface area contributed by atoms with E-state index in [-0.39, 0.29) is 0 Å². The van der Waals surface area contributed by atoms with Gasteiger partial charge in [0.05, 0.1) is 7.05 Å². The van der Waals surface area contributed by atoms with Crippen molar-refractivity contribution in [2.45, 2.75) is 46.5 Å². The molecule has 3 heteroatoms. The fourth-order valence-electron chi connectivity index (χ4n) is 6.62. The first kappa shape index (κ1) is 26.3. The molecule has 0 fully saturated rings. The molecule has 7 aromatic rings. The fourth-order valence-corrected chi connectivity index (χ4v) is 6.62. The summed E-state index contributed by atoms with van der Waals surface area (Å²) in [6, 6.07) is 37.2. The van der Waals surface area contributed by atoms with Gasteiger partial charge in [-0.1, -0.05) is 107 Å². The average molecular weight is 550 g/mol. The van der Waals surface area contributed by atoms with E-state index in [1.165, 1.54) is 39.0 Å². The number of para-hydroxylation sites is 3. The lowest BCUT2D eigenvalue weighted by Gasteiger charge is -2.18. The van der Waals surface area contributed by atoms with Gasteiger partial charge in [-0.15, -0.1) is 0 Å². The highest BCUT2D eigenvalue weighted by Crippen LogP contribution is 2.42. The van der Waals surface area contributed by atoms with E-state index in [1.54, 1.807) is 0 Å². The van der Waals surface area contributed by atoms with Crippen molar-refractivity contribution in [1.82, 2.24) is 4.57 Å². The van der Waals surface area contributed by atoms with Crippen LogP contribution in [0.1, 0.15) is 56.2 Å². The number of furan rings is 1. The van der Waals surface area contributed by atoms with Crippen molar-refractivity contribution in [3.63, 3.8) is 0 Å². The summed E-state index contributed by atoms with van der Waals surface area (Å²) >= 11 is 0. The monoisotopic (exact) mass is 549 g/mol. The van der Waals surface area contributed by atoms with E-state index in [9.17, 15) is 0 Å². The van der Waals surface area contributed by atoms with Crippen molar-refractivity contribution in [3.8, 4) is 28.2 Å². The van der Waals surface area contributed by atoms with Crippen LogP contribution in [0.25, 0.3) is 61.2 Å². The molecule has 0 amide bonds. The third-order valence-corrected chi connectivity index (χ3v) is 8.76. The van der Waals surface area contributed by atoms with Crippen LogP contribution in [-0.2, 0) is 7.05 Å². The normalized spacial score (nSPS) is 12.0. The minimum absolute atomic E-state index is 0.373. The Morgan fingerprint density at radius 3 is 2.05 bits per heavy atom. The molecule has 0 unspecified atom stereocenters. The molecule has 2 aromatic heterocycles. The zero-order chi connectivity index (χ0) is 29.1. The Morgan fingerprint density at radius 2 is 1.33 bits per heavy atom. The SMILES string of the molecule is Cc1ccc2c(oc3cc(-c4ccccc4)ccc32)c1-c1n(-c2c(C(C)C)cccc2C(C)C)c2ccccc2[n+]1C. The molecule has 0 saturated carbocycles. The number of rotatable bonds is 5. The van der Waals surface area contributed by atoms with Gasteiger partial charge in [-0.3, -0.25) is 0 Å². The Bertz CT molecular complexity index is 2080. The summed E-state index contributed by atoms with van der Waals surface area (Å²) in [4.78, 5) is 0. The summed E-state index contributed by atoms with van der Waals surface area (Å²) in [7, 11) is 2.19. The van der Waals surface area contributed by atoms with Crippen molar-refractivity contribution in [2.24, 2.45) is 7.05 Å². The number of imidazole rings is 1. The van der Waals surface area contributed by atoms with E-state index in [2.05, 4.69) is 154 Å². The smallest absolute Gasteiger partial charge is 0.299 e. The number of benzene rings is 5. The maximum absolute atomic E-state index is 6.85. The number of aromatic nitrogens is 2. The second-order valence-corrected chi connectivity index (χ2v) is 12.1. The standard InChI is InChI=1S/C39H37N2O/c1-24(2)29-15-12-16-30(25(3)4)37(29)41-34-18-11-10-17-33(34)40(6)39(41)36-26(5)19-21-32-31-22-20-28(23-35(31)42-38(32)36)27-13-8-7-9-14-27/h7-25H,1-6H3/q+1. The number of nitrogens with zero attached hydrogens (tertiary/aromatic N) is 2. The van der Waals surface area contributed by atoms with Crippen molar-refractivity contribution in [3.05, 3.63) is 120 Å². The van der Waals surface area contributed by atoms with Crippen molar-refractivity contribution in [1.29, 1.82) is 0 Å². The van der Waals surface area contributed by atoms with E-state index < -0.39 is 0 Å². The van der Waals surface area contributed by atoms with Crippen molar-refractivity contribution >= 4 is 33.0 Å². The van der Waals surface area contributed by atoms with Crippen LogP contribution in [0.5, 0.6) is 0 Å². The maximum Gasteiger partial charge on any atom is 0.299 e. The molecule has 0 radical (unpaired) electrons. The van der Waals surface area contributed by atoms with Crippen LogP contribution in [0, 0.1) is 6.92 Å². The summed E-state index contributed by atoms with van der Waals surface area (Å²) in [5.41, 5.74) is 12.9. The number of fused-ring (bicyclic) bond motifs is 4. The minimum Gasteiger partial charge on any atom is -0.455 e. The van der Waals surface area contributed by atoms with Crippen LogP contribution in [-0.4, -0.2) is 4.57 Å². The molecule has 208 valence electrons. The number of hydrogen-bond donors (Lipinski definition) is 0. The van der Waals surface area contributed by atoms with Crippen LogP contribution in [0.4, 0.5) is 0 Å². The van der Waals surface area contributed by atoms with E-state index in [0.717, 1.165) is 38.9 Å². The van der Waals surface area contributed by atoms with Crippen molar-refractivity contribution < 1.29 is 8.98 Å². The second kappa shape index (κ2) is 10.0. The zero-order valence-corrected chi connectivity index (χ0v) is 25.3. The summed E-state index contributed by atoms with van der Waals surface area (Å²) < 4.78 is 11.7. The van der Waals surface area contributed by atoms with Crippen LogP contribution in [0.15, 0.2) is 108 Å². The van der Waals surface area contributed by atoms with Gasteiger partial charge < -0.3 is 4.42 Å². The number of hydrogen-bond acceptors (Lipinski definition) is 1. The first-order chi connectivity index (χ1) is 20.3. The lowest BCUT2D eigenvalue weighted by atomic mass is 9.92. The first-order valence-electron chi connectivity index (χ1n) is 15.0. The highest BCUT2D eigenvalue weighted by molar-refractivity contribution is 6.10. The third kappa shape index (κ3) is 3.99. The molecule has 0 atom stereocenters. The Hall–Kier alpha value is -4.63. The third-order valence-electron chi connectivity index (χ3n) is 8.76. The van der Waals surface area contributed by atoms with Gasteiger partial charge in [0.15, 0.2) is 16.6 Å².